The Bertz CT molecular complexity index is 481. The molecule has 0 aromatic carbocycles. The molecule has 0 saturated carbocycles. The highest BCUT2D eigenvalue weighted by atomic mass is 32.2. The molecule has 0 saturated heterocycles. The van der Waals surface area contributed by atoms with Crippen molar-refractivity contribution in [2.24, 2.45) is 0 Å². The molecule has 2 rings (SSSR count). The molecule has 0 aliphatic heterocycles. The van der Waals surface area contributed by atoms with Crippen LogP contribution in [0.4, 0.5) is 11.6 Å². The third-order valence-electron chi connectivity index (χ3n) is 2.32. The molecule has 18 heavy (non-hydrogen) atoms. The van der Waals surface area contributed by atoms with Gasteiger partial charge in [-0.05, 0) is 6.92 Å². The quantitative estimate of drug-likeness (QED) is 0.661. The molecule has 2 heterocycles. The second kappa shape index (κ2) is 6.55. The lowest BCUT2D eigenvalue weighted by atomic mass is 10.4. The smallest absolute Gasteiger partial charge is 0.184 e. The Balaban J connectivity index is 1.66. The van der Waals surface area contributed by atoms with Gasteiger partial charge in [-0.1, -0.05) is 0 Å². The predicted octanol–water partition coefficient (Wildman–Crippen LogP) is 1.35. The minimum absolute atomic E-state index is 0.803. The second-order valence-electron chi connectivity index (χ2n) is 3.55. The first-order valence-electron chi connectivity index (χ1n) is 5.49. The van der Waals surface area contributed by atoms with Crippen molar-refractivity contribution in [3.8, 4) is 0 Å². The monoisotopic (exact) mass is 285 g/mol. The van der Waals surface area contributed by atoms with Crippen molar-refractivity contribution in [1.29, 1.82) is 0 Å². The zero-order valence-corrected chi connectivity index (χ0v) is 11.9. The van der Waals surface area contributed by atoms with Crippen LogP contribution >= 0.6 is 23.5 Å². The number of nitrogens with zero attached hydrogens (tertiary/aromatic N) is 4. The molecule has 0 spiro atoms. The third kappa shape index (κ3) is 3.33. The van der Waals surface area contributed by atoms with Gasteiger partial charge in [0.2, 0.25) is 0 Å². The van der Waals surface area contributed by atoms with Crippen LogP contribution in [0.2, 0.25) is 0 Å². The first-order valence-corrected chi connectivity index (χ1v) is 7.38. The topological polar surface area (TPSA) is 91.4 Å². The summed E-state index contributed by atoms with van der Waals surface area (Å²) in [6.07, 6.45) is 0. The van der Waals surface area contributed by atoms with E-state index in [4.69, 9.17) is 0 Å². The number of aromatic nitrogens is 5. The molecule has 7 nitrogen and oxygen atoms in total. The van der Waals surface area contributed by atoms with Crippen molar-refractivity contribution in [2.45, 2.75) is 12.7 Å². The number of anilines is 2. The van der Waals surface area contributed by atoms with Gasteiger partial charge in [0.05, 0.1) is 23.1 Å². The number of H-pyrrole nitrogens is 1. The summed E-state index contributed by atoms with van der Waals surface area (Å²) >= 11 is 3.01. The third-order valence-corrected chi connectivity index (χ3v) is 3.82. The molecule has 98 valence electrons. The van der Waals surface area contributed by atoms with Gasteiger partial charge in [-0.25, -0.2) is 0 Å². The minimum atomic E-state index is 0.803. The number of hydrogen-bond acceptors (Lipinski definition) is 8. The Morgan fingerprint density at radius 1 is 1.28 bits per heavy atom. The van der Waals surface area contributed by atoms with E-state index >= 15 is 0 Å². The van der Waals surface area contributed by atoms with E-state index in [9.17, 15) is 0 Å². The van der Waals surface area contributed by atoms with E-state index in [1.807, 2.05) is 25.7 Å². The standard InChI is InChI=1S/C9H15N7S2/c1-6-7(13-16-12-6)5-17-4-3-11-9-8(10-2)14-18-15-9/h3-5H2,1-2H3,(H,10,14)(H,11,15)(H,12,13,16). The highest BCUT2D eigenvalue weighted by Gasteiger charge is 2.05. The lowest BCUT2D eigenvalue weighted by Gasteiger charge is -2.04. The summed E-state index contributed by atoms with van der Waals surface area (Å²) in [5, 5.41) is 16.9. The Morgan fingerprint density at radius 2 is 2.11 bits per heavy atom. The van der Waals surface area contributed by atoms with Gasteiger partial charge in [0, 0.05) is 25.1 Å². The molecule has 2 aromatic rings. The summed E-state index contributed by atoms with van der Waals surface area (Å²) in [5.41, 5.74) is 1.99. The molecular weight excluding hydrogens is 270 g/mol. The number of aryl methyl sites for hydroxylation is 1. The van der Waals surface area contributed by atoms with Gasteiger partial charge in [0.25, 0.3) is 0 Å². The summed E-state index contributed by atoms with van der Waals surface area (Å²) in [7, 11) is 1.84. The van der Waals surface area contributed by atoms with E-state index in [-0.39, 0.29) is 0 Å². The number of aromatic amines is 1. The molecule has 0 fully saturated rings. The largest absolute Gasteiger partial charge is 0.369 e. The number of thioether (sulfide) groups is 1. The molecule has 0 unspecified atom stereocenters. The van der Waals surface area contributed by atoms with Gasteiger partial charge in [0.15, 0.2) is 11.6 Å². The second-order valence-corrected chi connectivity index (χ2v) is 5.18. The SMILES string of the molecule is CNc1nsnc1NCCSCc1n[nH]nc1C. The Kier molecular flexibility index (Phi) is 4.76. The van der Waals surface area contributed by atoms with Gasteiger partial charge >= 0.3 is 0 Å². The maximum atomic E-state index is 4.17. The summed E-state index contributed by atoms with van der Waals surface area (Å²) in [6, 6.07) is 0. The van der Waals surface area contributed by atoms with E-state index in [0.717, 1.165) is 41.1 Å². The van der Waals surface area contributed by atoms with Crippen molar-refractivity contribution in [3.63, 3.8) is 0 Å². The van der Waals surface area contributed by atoms with Crippen LogP contribution in [-0.2, 0) is 5.75 Å². The molecule has 3 N–H and O–H groups in total. The molecule has 2 aromatic heterocycles. The predicted molar refractivity (Wildman–Crippen MR) is 75.2 cm³/mol. The molecule has 0 atom stereocenters. The van der Waals surface area contributed by atoms with E-state index in [0.29, 0.717) is 0 Å². The summed E-state index contributed by atoms with van der Waals surface area (Å²) < 4.78 is 8.28. The number of hydrogen-bond donors (Lipinski definition) is 3. The molecule has 0 aliphatic carbocycles. The Hall–Kier alpha value is -1.35. The van der Waals surface area contributed by atoms with Crippen LogP contribution in [0.1, 0.15) is 11.4 Å². The number of rotatable bonds is 7. The minimum Gasteiger partial charge on any atom is -0.369 e. The fourth-order valence-electron chi connectivity index (χ4n) is 1.32. The Labute approximate surface area is 113 Å². The fraction of sp³-hybridized carbons (Fsp3) is 0.556. The summed E-state index contributed by atoms with van der Waals surface area (Å²) in [6.45, 7) is 2.81. The van der Waals surface area contributed by atoms with Gasteiger partial charge < -0.3 is 10.6 Å². The van der Waals surface area contributed by atoms with Crippen LogP contribution < -0.4 is 10.6 Å². The fourth-order valence-corrected chi connectivity index (χ4v) is 2.71. The average Bonchev–Trinajstić information content (AvgIpc) is 2.98. The zero-order chi connectivity index (χ0) is 12.8. The van der Waals surface area contributed by atoms with Crippen LogP contribution in [0.15, 0.2) is 0 Å². The molecule has 0 aliphatic rings. The van der Waals surface area contributed by atoms with Gasteiger partial charge in [-0.2, -0.15) is 35.9 Å². The van der Waals surface area contributed by atoms with Crippen LogP contribution in [0.5, 0.6) is 0 Å². The van der Waals surface area contributed by atoms with Gasteiger partial charge in [0.1, 0.15) is 0 Å². The van der Waals surface area contributed by atoms with Crippen molar-refractivity contribution in [1.82, 2.24) is 24.2 Å². The number of nitrogens with one attached hydrogen (secondary N) is 3. The molecule has 0 bridgehead atoms. The molecule has 9 heteroatoms. The van der Waals surface area contributed by atoms with Crippen LogP contribution in [0.25, 0.3) is 0 Å². The Morgan fingerprint density at radius 3 is 2.83 bits per heavy atom. The van der Waals surface area contributed by atoms with E-state index in [2.05, 4.69) is 34.8 Å². The van der Waals surface area contributed by atoms with E-state index in [1.165, 1.54) is 11.7 Å². The highest BCUT2D eigenvalue weighted by Crippen LogP contribution is 2.17. The zero-order valence-electron chi connectivity index (χ0n) is 10.2. The first-order chi connectivity index (χ1) is 8.81. The molecule has 0 amide bonds. The van der Waals surface area contributed by atoms with Crippen molar-refractivity contribution >= 4 is 35.1 Å². The van der Waals surface area contributed by atoms with E-state index in [1.54, 1.807) is 0 Å². The average molecular weight is 285 g/mol. The van der Waals surface area contributed by atoms with E-state index < -0.39 is 0 Å². The maximum absolute atomic E-state index is 4.17. The van der Waals surface area contributed by atoms with Crippen LogP contribution in [0.3, 0.4) is 0 Å². The molecular formula is C9H15N7S2. The van der Waals surface area contributed by atoms with Gasteiger partial charge in [-0.3, -0.25) is 0 Å². The highest BCUT2D eigenvalue weighted by molar-refractivity contribution is 7.98. The summed E-state index contributed by atoms with van der Waals surface area (Å²) in [5.74, 6) is 3.48. The van der Waals surface area contributed by atoms with Crippen molar-refractivity contribution in [3.05, 3.63) is 11.4 Å². The lowest BCUT2D eigenvalue weighted by molar-refractivity contribution is 0.919. The normalized spacial score (nSPS) is 10.6. The van der Waals surface area contributed by atoms with Crippen LogP contribution in [0, 0.1) is 6.92 Å². The first kappa shape index (κ1) is 13.1. The van der Waals surface area contributed by atoms with Gasteiger partial charge in [-0.15, -0.1) is 0 Å². The maximum Gasteiger partial charge on any atom is 0.184 e. The summed E-state index contributed by atoms with van der Waals surface area (Å²) in [4.78, 5) is 0. The lowest BCUT2D eigenvalue weighted by Crippen LogP contribution is -2.06. The van der Waals surface area contributed by atoms with Crippen LogP contribution in [-0.4, -0.2) is 43.5 Å². The van der Waals surface area contributed by atoms with Crippen molar-refractivity contribution < 1.29 is 0 Å². The van der Waals surface area contributed by atoms with Crippen molar-refractivity contribution in [2.75, 3.05) is 30.0 Å². The molecule has 0 radical (unpaired) electrons.